The molecule has 0 N–H and O–H groups in total. The van der Waals surface area contributed by atoms with Crippen LogP contribution >= 0.6 is 0 Å². The number of rotatable bonds is 15. The van der Waals surface area contributed by atoms with E-state index in [9.17, 15) is 0 Å². The molecule has 0 aromatic heterocycles. The van der Waals surface area contributed by atoms with Crippen LogP contribution in [0.5, 0.6) is 0 Å². The molecular formula is C18H38O2. The summed E-state index contributed by atoms with van der Waals surface area (Å²) in [5, 5.41) is 0. The van der Waals surface area contributed by atoms with Gasteiger partial charge in [0.05, 0.1) is 13.2 Å². The molecule has 0 aromatic rings. The molecule has 0 rings (SSSR count). The van der Waals surface area contributed by atoms with Crippen molar-refractivity contribution in [1.29, 1.82) is 0 Å². The minimum Gasteiger partial charge on any atom is -0.350 e. The summed E-state index contributed by atoms with van der Waals surface area (Å²) in [6.45, 7) is 10.6. The first-order valence-corrected chi connectivity index (χ1v) is 9.02. The molecule has 0 aliphatic carbocycles. The summed E-state index contributed by atoms with van der Waals surface area (Å²) in [5.74, 6) is -0.299. The van der Waals surface area contributed by atoms with Crippen LogP contribution in [0, 0.1) is 0 Å². The molecular weight excluding hydrogens is 248 g/mol. The largest absolute Gasteiger partial charge is 0.350 e. The van der Waals surface area contributed by atoms with Crippen molar-refractivity contribution in [2.24, 2.45) is 0 Å². The first-order chi connectivity index (χ1) is 9.74. The summed E-state index contributed by atoms with van der Waals surface area (Å²) in [6.07, 6.45) is 13.0. The molecule has 0 amide bonds. The van der Waals surface area contributed by atoms with E-state index in [1.54, 1.807) is 0 Å². The Morgan fingerprint density at radius 3 is 1.55 bits per heavy atom. The second-order valence-corrected chi connectivity index (χ2v) is 5.88. The lowest BCUT2D eigenvalue weighted by Crippen LogP contribution is -2.37. The van der Waals surface area contributed by atoms with E-state index in [-0.39, 0.29) is 5.79 Å². The molecule has 0 unspecified atom stereocenters. The van der Waals surface area contributed by atoms with Crippen LogP contribution in [0.4, 0.5) is 0 Å². The molecule has 0 spiro atoms. The van der Waals surface area contributed by atoms with Gasteiger partial charge in [0.15, 0.2) is 5.79 Å². The molecule has 2 nitrogen and oxygen atoms in total. The molecule has 0 aliphatic rings. The lowest BCUT2D eigenvalue weighted by molar-refractivity contribution is -0.246. The average molecular weight is 286 g/mol. The lowest BCUT2D eigenvalue weighted by Gasteiger charge is -2.34. The highest BCUT2D eigenvalue weighted by molar-refractivity contribution is 4.70. The molecule has 0 saturated heterocycles. The van der Waals surface area contributed by atoms with Crippen LogP contribution in [0.1, 0.15) is 98.3 Å². The first-order valence-electron chi connectivity index (χ1n) is 9.02. The van der Waals surface area contributed by atoms with Gasteiger partial charge in [0.1, 0.15) is 0 Å². The Hall–Kier alpha value is -0.0800. The molecule has 0 aliphatic heterocycles. The zero-order valence-corrected chi connectivity index (χ0v) is 14.5. The van der Waals surface area contributed by atoms with Crippen molar-refractivity contribution in [3.05, 3.63) is 0 Å². The normalized spacial score (nSPS) is 12.0. The molecule has 0 heterocycles. The third-order valence-corrected chi connectivity index (χ3v) is 3.77. The van der Waals surface area contributed by atoms with E-state index in [4.69, 9.17) is 9.47 Å². The predicted molar refractivity (Wildman–Crippen MR) is 88.1 cm³/mol. The first kappa shape index (κ1) is 19.9. The van der Waals surface area contributed by atoms with Gasteiger partial charge in [-0.1, -0.05) is 66.2 Å². The molecule has 0 aromatic carbocycles. The van der Waals surface area contributed by atoms with Crippen molar-refractivity contribution >= 4 is 0 Å². The Balaban J connectivity index is 4.37. The van der Waals surface area contributed by atoms with Crippen molar-refractivity contribution in [3.63, 3.8) is 0 Å². The summed E-state index contributed by atoms with van der Waals surface area (Å²) in [7, 11) is 0. The van der Waals surface area contributed by atoms with Gasteiger partial charge >= 0.3 is 0 Å². The monoisotopic (exact) mass is 286 g/mol. The van der Waals surface area contributed by atoms with Gasteiger partial charge in [-0.25, -0.2) is 0 Å². The van der Waals surface area contributed by atoms with Crippen molar-refractivity contribution in [1.82, 2.24) is 0 Å². The second-order valence-electron chi connectivity index (χ2n) is 5.88. The molecule has 0 atom stereocenters. The Labute approximate surface area is 127 Å². The van der Waals surface area contributed by atoms with Crippen LogP contribution in [0.3, 0.4) is 0 Å². The van der Waals surface area contributed by atoms with Gasteiger partial charge in [-0.15, -0.1) is 0 Å². The predicted octanol–water partition coefficient (Wildman–Crippen LogP) is 6.09. The SMILES string of the molecule is CCCCCCC(CCC)(OCCCC)OCCCC. The van der Waals surface area contributed by atoms with Crippen LogP contribution < -0.4 is 0 Å². The molecule has 122 valence electrons. The van der Waals surface area contributed by atoms with Gasteiger partial charge < -0.3 is 9.47 Å². The topological polar surface area (TPSA) is 18.5 Å². The standard InChI is InChI=1S/C18H38O2/c1-5-9-12-13-15-18(14-8-4,19-16-10-6-2)20-17-11-7-3/h5-17H2,1-4H3. The summed E-state index contributed by atoms with van der Waals surface area (Å²) in [5.41, 5.74) is 0. The summed E-state index contributed by atoms with van der Waals surface area (Å²) in [4.78, 5) is 0. The van der Waals surface area contributed by atoms with Crippen LogP contribution in [-0.2, 0) is 9.47 Å². The van der Waals surface area contributed by atoms with Gasteiger partial charge in [-0.2, -0.15) is 0 Å². The fraction of sp³-hybridized carbons (Fsp3) is 1.00. The molecule has 20 heavy (non-hydrogen) atoms. The van der Waals surface area contributed by atoms with Gasteiger partial charge in [0, 0.05) is 12.8 Å². The van der Waals surface area contributed by atoms with E-state index < -0.39 is 0 Å². The Bertz CT molecular complexity index is 182. The van der Waals surface area contributed by atoms with Gasteiger partial charge in [-0.3, -0.25) is 0 Å². The second kappa shape index (κ2) is 13.9. The van der Waals surface area contributed by atoms with E-state index >= 15 is 0 Å². The van der Waals surface area contributed by atoms with Crippen LogP contribution in [0.2, 0.25) is 0 Å². The smallest absolute Gasteiger partial charge is 0.168 e. The van der Waals surface area contributed by atoms with Crippen molar-refractivity contribution < 1.29 is 9.47 Å². The van der Waals surface area contributed by atoms with E-state index in [1.807, 2.05) is 0 Å². The van der Waals surface area contributed by atoms with E-state index in [0.29, 0.717) is 0 Å². The molecule has 0 saturated carbocycles. The Morgan fingerprint density at radius 2 is 1.10 bits per heavy atom. The van der Waals surface area contributed by atoms with Crippen molar-refractivity contribution in [2.45, 2.75) is 104 Å². The summed E-state index contributed by atoms with van der Waals surface area (Å²) < 4.78 is 12.4. The fourth-order valence-electron chi connectivity index (χ4n) is 2.46. The third kappa shape index (κ3) is 9.77. The average Bonchev–Trinajstić information content (AvgIpc) is 2.44. The summed E-state index contributed by atoms with van der Waals surface area (Å²) in [6, 6.07) is 0. The van der Waals surface area contributed by atoms with Gasteiger partial charge in [0.25, 0.3) is 0 Å². The Morgan fingerprint density at radius 1 is 0.550 bits per heavy atom. The van der Waals surface area contributed by atoms with E-state index in [1.165, 1.54) is 38.5 Å². The molecule has 0 bridgehead atoms. The minimum atomic E-state index is -0.299. The van der Waals surface area contributed by atoms with E-state index in [2.05, 4.69) is 27.7 Å². The third-order valence-electron chi connectivity index (χ3n) is 3.77. The van der Waals surface area contributed by atoms with Crippen LogP contribution in [-0.4, -0.2) is 19.0 Å². The maximum absolute atomic E-state index is 6.22. The maximum Gasteiger partial charge on any atom is 0.168 e. The van der Waals surface area contributed by atoms with Crippen LogP contribution in [0.25, 0.3) is 0 Å². The zero-order chi connectivity index (χ0) is 15.1. The summed E-state index contributed by atoms with van der Waals surface area (Å²) >= 11 is 0. The zero-order valence-electron chi connectivity index (χ0n) is 14.5. The molecule has 2 heteroatoms. The van der Waals surface area contributed by atoms with Crippen LogP contribution in [0.15, 0.2) is 0 Å². The van der Waals surface area contributed by atoms with E-state index in [0.717, 1.165) is 45.3 Å². The number of ether oxygens (including phenoxy) is 2. The maximum atomic E-state index is 6.22. The van der Waals surface area contributed by atoms with Gasteiger partial charge in [-0.05, 0) is 19.3 Å². The van der Waals surface area contributed by atoms with Crippen molar-refractivity contribution in [3.8, 4) is 0 Å². The van der Waals surface area contributed by atoms with Crippen molar-refractivity contribution in [2.75, 3.05) is 13.2 Å². The lowest BCUT2D eigenvalue weighted by atomic mass is 10.0. The number of hydrogen-bond acceptors (Lipinski definition) is 2. The minimum absolute atomic E-state index is 0.299. The highest BCUT2D eigenvalue weighted by Gasteiger charge is 2.30. The number of hydrogen-bond donors (Lipinski definition) is 0. The molecule has 0 fully saturated rings. The highest BCUT2D eigenvalue weighted by Crippen LogP contribution is 2.28. The number of unbranched alkanes of at least 4 members (excludes halogenated alkanes) is 5. The van der Waals surface area contributed by atoms with Gasteiger partial charge in [0.2, 0.25) is 0 Å². The molecule has 0 radical (unpaired) electrons. The Kier molecular flexibility index (Phi) is 13.8. The highest BCUT2D eigenvalue weighted by atomic mass is 16.7. The fourth-order valence-corrected chi connectivity index (χ4v) is 2.46. The quantitative estimate of drug-likeness (QED) is 0.268.